The number of hydrogen-bond acceptors (Lipinski definition) is 8. The lowest BCUT2D eigenvalue weighted by atomic mass is 10.1. The Bertz CT molecular complexity index is 898. The zero-order chi connectivity index (χ0) is 20.4. The van der Waals surface area contributed by atoms with Crippen molar-refractivity contribution in [3.05, 3.63) is 11.6 Å². The van der Waals surface area contributed by atoms with E-state index in [1.54, 1.807) is 13.8 Å². The predicted molar refractivity (Wildman–Crippen MR) is 109 cm³/mol. The molecule has 1 atom stereocenters. The Labute approximate surface area is 176 Å². The van der Waals surface area contributed by atoms with E-state index in [0.717, 1.165) is 0 Å². The molecule has 0 saturated heterocycles. The summed E-state index contributed by atoms with van der Waals surface area (Å²) >= 11 is 0.663. The van der Waals surface area contributed by atoms with Gasteiger partial charge in [0, 0.05) is 24.7 Å². The lowest BCUT2D eigenvalue weighted by Gasteiger charge is -2.32. The number of rotatable bonds is 8. The topological polar surface area (TPSA) is 136 Å². The van der Waals surface area contributed by atoms with Crippen molar-refractivity contribution in [2.24, 2.45) is 11.1 Å². The first-order valence-electron chi connectivity index (χ1n) is 8.55. The summed E-state index contributed by atoms with van der Waals surface area (Å²) in [4.78, 5) is 11.5. The largest absolute Gasteiger partial charge is 0.465 e. The van der Waals surface area contributed by atoms with E-state index in [9.17, 15) is 21.6 Å². The van der Waals surface area contributed by atoms with Crippen molar-refractivity contribution in [1.29, 1.82) is 0 Å². The van der Waals surface area contributed by atoms with Crippen molar-refractivity contribution in [3.8, 4) is 0 Å². The van der Waals surface area contributed by atoms with Crippen molar-refractivity contribution >= 4 is 49.8 Å². The fourth-order valence-corrected chi connectivity index (χ4v) is 6.99. The van der Waals surface area contributed by atoms with Crippen LogP contribution in [0.15, 0.2) is 14.5 Å². The minimum atomic E-state index is -3.99. The predicted octanol–water partition coefficient (Wildman–Crippen LogP) is 1.06. The fourth-order valence-electron chi connectivity index (χ4n) is 2.68. The molecule has 0 spiro atoms. The summed E-state index contributed by atoms with van der Waals surface area (Å²) in [5, 5.41) is 8.34. The molecule has 3 N–H and O–H groups in total. The normalized spacial score (nSPS) is 19.1. The first kappa shape index (κ1) is 25.3. The molecule has 0 saturated carbocycles. The molecule has 0 bridgehead atoms. The van der Waals surface area contributed by atoms with Gasteiger partial charge in [-0.2, -0.15) is 4.31 Å². The molecule has 2 heterocycles. The van der Waals surface area contributed by atoms with Crippen LogP contribution in [0, 0.1) is 5.92 Å². The molecular formula is C15H26ClN3O6S3. The molecule has 1 aromatic rings. The van der Waals surface area contributed by atoms with Crippen molar-refractivity contribution in [2.45, 2.75) is 41.7 Å². The van der Waals surface area contributed by atoms with Crippen LogP contribution in [0.1, 0.15) is 38.8 Å². The van der Waals surface area contributed by atoms with Crippen LogP contribution in [0.2, 0.25) is 0 Å². The molecule has 0 aromatic carbocycles. The van der Waals surface area contributed by atoms with Crippen LogP contribution in [0.25, 0.3) is 0 Å². The molecule has 1 aliphatic rings. The number of carbonyl (C=O) groups is 1. The van der Waals surface area contributed by atoms with E-state index in [4.69, 9.17) is 9.88 Å². The smallest absolute Gasteiger partial charge is 0.308 e. The summed E-state index contributed by atoms with van der Waals surface area (Å²) < 4.78 is 55.3. The average Bonchev–Trinajstić information content (AvgIpc) is 3.02. The summed E-state index contributed by atoms with van der Waals surface area (Å²) in [6, 6.07) is 1.00. The number of halogens is 1. The van der Waals surface area contributed by atoms with Gasteiger partial charge in [-0.3, -0.25) is 4.79 Å². The van der Waals surface area contributed by atoms with Gasteiger partial charge in [-0.1, -0.05) is 20.8 Å². The number of likely N-dealkylation sites (N-methyl/N-ethyl adjacent to an activating group) is 1. The highest BCUT2D eigenvalue weighted by molar-refractivity contribution is 7.94. The van der Waals surface area contributed by atoms with Gasteiger partial charge in [-0.25, -0.2) is 22.0 Å². The fraction of sp³-hybridized carbons (Fsp3) is 0.667. The maximum absolute atomic E-state index is 12.9. The van der Waals surface area contributed by atoms with Crippen LogP contribution in [-0.4, -0.2) is 53.4 Å². The molecule has 28 heavy (non-hydrogen) atoms. The number of esters is 1. The van der Waals surface area contributed by atoms with E-state index in [0.29, 0.717) is 29.9 Å². The zero-order valence-electron chi connectivity index (χ0n) is 15.9. The standard InChI is InChI=1S/C15H25N3O6S3.ClH/c1-4-17-12-9-18(6-5-7-24-14(19)10(2)3)27(22,23)15-11(12)8-13(25-15)26(16,20)21;/h8,10,12,17H,4-7,9H2,1-3H3,(H2,16,20,21);1H/t12-;/m0./s1. The van der Waals surface area contributed by atoms with Crippen molar-refractivity contribution in [2.75, 3.05) is 26.2 Å². The van der Waals surface area contributed by atoms with Gasteiger partial charge in [0.05, 0.1) is 12.5 Å². The Morgan fingerprint density at radius 2 is 2.11 bits per heavy atom. The lowest BCUT2D eigenvalue weighted by Crippen LogP contribution is -2.43. The number of nitrogens with two attached hydrogens (primary N) is 1. The van der Waals surface area contributed by atoms with E-state index < -0.39 is 20.0 Å². The third kappa shape index (κ3) is 5.65. The number of fused-ring (bicyclic) bond motifs is 1. The molecule has 0 radical (unpaired) electrons. The Hall–Kier alpha value is -0.760. The second kappa shape index (κ2) is 9.83. The maximum atomic E-state index is 12.9. The molecule has 1 aromatic heterocycles. The molecule has 0 amide bonds. The quantitative estimate of drug-likeness (QED) is 0.423. The number of primary sulfonamides is 1. The molecule has 0 fully saturated rings. The van der Waals surface area contributed by atoms with Gasteiger partial charge in [-0.15, -0.1) is 23.7 Å². The second-order valence-electron chi connectivity index (χ2n) is 6.50. The Morgan fingerprint density at radius 1 is 1.46 bits per heavy atom. The molecular weight excluding hydrogens is 450 g/mol. The third-order valence-corrected chi connectivity index (χ3v) is 9.00. The van der Waals surface area contributed by atoms with Gasteiger partial charge in [0.1, 0.15) is 8.42 Å². The molecule has 0 unspecified atom stereocenters. The Balaban J connectivity index is 0.00000392. The van der Waals surface area contributed by atoms with Gasteiger partial charge in [0.25, 0.3) is 10.0 Å². The first-order chi connectivity index (χ1) is 12.5. The summed E-state index contributed by atoms with van der Waals surface area (Å²) in [6.45, 7) is 6.37. The minimum Gasteiger partial charge on any atom is -0.465 e. The molecule has 2 rings (SSSR count). The number of sulfonamides is 2. The number of thiophene rings is 1. The van der Waals surface area contributed by atoms with Crippen LogP contribution in [0.5, 0.6) is 0 Å². The number of nitrogens with zero attached hydrogens (tertiary/aromatic N) is 1. The number of hydrogen-bond donors (Lipinski definition) is 2. The summed E-state index contributed by atoms with van der Waals surface area (Å²) in [5.74, 6) is -0.576. The highest BCUT2D eigenvalue weighted by Crippen LogP contribution is 2.39. The number of carbonyl (C=O) groups excluding carboxylic acids is 1. The summed E-state index contributed by atoms with van der Waals surface area (Å²) in [6.07, 6.45) is 0.347. The van der Waals surface area contributed by atoms with E-state index in [1.165, 1.54) is 10.4 Å². The SMILES string of the molecule is CCN[C@H]1CN(CCCOC(=O)C(C)C)S(=O)(=O)c2sc(S(N)(=O)=O)cc21.Cl. The van der Waals surface area contributed by atoms with Gasteiger partial charge < -0.3 is 10.1 Å². The van der Waals surface area contributed by atoms with Gasteiger partial charge in [0.15, 0.2) is 0 Å². The maximum Gasteiger partial charge on any atom is 0.308 e. The van der Waals surface area contributed by atoms with E-state index >= 15 is 0 Å². The third-order valence-electron chi connectivity index (χ3n) is 4.04. The highest BCUT2D eigenvalue weighted by atomic mass is 35.5. The number of nitrogens with one attached hydrogen (secondary N) is 1. The van der Waals surface area contributed by atoms with Crippen LogP contribution in [0.4, 0.5) is 0 Å². The highest BCUT2D eigenvalue weighted by Gasteiger charge is 2.39. The first-order valence-corrected chi connectivity index (χ1v) is 12.4. The van der Waals surface area contributed by atoms with E-state index in [-0.39, 0.29) is 58.5 Å². The van der Waals surface area contributed by atoms with E-state index in [1.807, 2.05) is 6.92 Å². The van der Waals surface area contributed by atoms with Crippen LogP contribution in [-0.2, 0) is 29.6 Å². The molecule has 13 heteroatoms. The van der Waals surface area contributed by atoms with Gasteiger partial charge >= 0.3 is 5.97 Å². The lowest BCUT2D eigenvalue weighted by molar-refractivity contribution is -0.147. The average molecular weight is 476 g/mol. The Kier molecular flexibility index (Phi) is 8.87. The van der Waals surface area contributed by atoms with Crippen LogP contribution >= 0.6 is 23.7 Å². The molecule has 1 aliphatic heterocycles. The summed E-state index contributed by atoms with van der Waals surface area (Å²) in [5.41, 5.74) is 0.424. The minimum absolute atomic E-state index is 0. The van der Waals surface area contributed by atoms with E-state index in [2.05, 4.69) is 5.32 Å². The van der Waals surface area contributed by atoms with Crippen LogP contribution in [0.3, 0.4) is 0 Å². The van der Waals surface area contributed by atoms with Crippen molar-refractivity contribution in [1.82, 2.24) is 9.62 Å². The van der Waals surface area contributed by atoms with Crippen molar-refractivity contribution < 1.29 is 26.4 Å². The monoisotopic (exact) mass is 475 g/mol. The molecule has 0 aliphatic carbocycles. The number of ether oxygens (including phenoxy) is 1. The van der Waals surface area contributed by atoms with Crippen LogP contribution < -0.4 is 10.5 Å². The second-order valence-corrected chi connectivity index (χ2v) is 11.5. The zero-order valence-corrected chi connectivity index (χ0v) is 19.1. The van der Waals surface area contributed by atoms with Gasteiger partial charge in [-0.05, 0) is 19.0 Å². The Morgan fingerprint density at radius 3 is 2.64 bits per heavy atom. The molecule has 9 nitrogen and oxygen atoms in total. The van der Waals surface area contributed by atoms with Crippen molar-refractivity contribution in [3.63, 3.8) is 0 Å². The van der Waals surface area contributed by atoms with Gasteiger partial charge in [0.2, 0.25) is 10.0 Å². The molecule has 162 valence electrons. The summed E-state index contributed by atoms with van der Waals surface area (Å²) in [7, 11) is -7.83.